The number of rotatable bonds is 20. The number of likely N-dealkylation sites (N-methyl/N-ethyl adjacent to an activating group) is 2. The van der Waals surface area contributed by atoms with Crippen LogP contribution in [0, 0.1) is 5.92 Å². The molecule has 16 unspecified atom stereocenters. The standard InChI is InChI=1S/C39H52N4O16.C24H46N6O13.B4/c1-18-13-23-32(33-26(43(2)39(51)58-33)35(54-23)59-36-30(48)28(46)25(40)24(15-44)55-36)57-34(18)56-31-22(42-38(50)53-17-20-11-7-4-8-12-20)14-21(27(45)29(31)47)41-37(49)52-16-19-9-5-3-6-10-19;1-29-13-16(35)20-10(3-8(28)22(42-20)41-19-7(27)2-6(26)14(33)17(19)36)39-23(13)43-24-18(37)15(34)12(11(5-31)40-24)30-21(38)9(32)4-25;1-4(2)3/h3-12,18,21-36,44-48H,13-17,40H2,1-2H3,(H,41,49)(H,42,50);6-20,22-24,29,31-37H,2-5,25-28H2,1H3,(H,30,38);/t18-,21+,22?,23-,24?,25+,26?,27?,28-,29+,30?,31+,32?,33?,34-,35?,36+;6-,7?,8+,9+,10+,11?,12-,13?,14?,15+,16?,17-,18?,19-,20?,22+,23?,24-;/m01./s1. The lowest BCUT2D eigenvalue weighted by Gasteiger charge is -2.51. The van der Waals surface area contributed by atoms with Gasteiger partial charge in [0.2, 0.25) is 0 Å². The normalized spacial score (nSPS) is 42.2. The van der Waals surface area contributed by atoms with Crippen LogP contribution in [0.25, 0.3) is 0 Å². The smallest absolute Gasteiger partial charge is 0.410 e. The summed E-state index contributed by atoms with van der Waals surface area (Å²) in [5.74, 6) is -1.41. The van der Waals surface area contributed by atoms with Crippen molar-refractivity contribution < 1.29 is 142 Å². The van der Waals surface area contributed by atoms with Crippen molar-refractivity contribution in [2.24, 2.45) is 34.6 Å². The van der Waals surface area contributed by atoms with Crippen molar-refractivity contribution in [2.75, 3.05) is 33.9 Å². The van der Waals surface area contributed by atoms with Crippen molar-refractivity contribution in [3.05, 3.63) is 71.8 Å². The second-order valence-electron chi connectivity index (χ2n) is 27.6. The van der Waals surface area contributed by atoms with Gasteiger partial charge in [-0.1, -0.05) is 67.6 Å². The number of hydrogen-bond acceptors (Lipinski definition) is 35. The number of amides is 4. The number of hydrogen-bond donors (Lipinski definition) is 21. The van der Waals surface area contributed by atoms with Gasteiger partial charge >= 0.3 is 18.3 Å². The summed E-state index contributed by atoms with van der Waals surface area (Å²) in [6, 6.07) is 9.23. The Morgan fingerprint density at radius 2 is 1.08 bits per heavy atom. The lowest BCUT2D eigenvalue weighted by molar-refractivity contribution is -0.375. The highest BCUT2D eigenvalue weighted by atomic mass is 16.8. The average molecular weight is 1500 g/mol. The van der Waals surface area contributed by atoms with Crippen molar-refractivity contribution in [3.8, 4) is 0 Å². The molecule has 0 bridgehead atoms. The van der Waals surface area contributed by atoms with Crippen LogP contribution in [0.1, 0.15) is 43.7 Å². The molecule has 26 N–H and O–H groups in total. The van der Waals surface area contributed by atoms with Gasteiger partial charge in [-0.15, -0.1) is 0 Å². The first kappa shape index (κ1) is 84.9. The number of aliphatic hydroxyl groups excluding tert-OH is 12. The molecular formula is C63H98B4N10O29. The van der Waals surface area contributed by atoms with E-state index in [0.717, 1.165) is 11.1 Å². The first-order valence-electron chi connectivity index (χ1n) is 34.8. The van der Waals surface area contributed by atoms with Gasteiger partial charge < -0.3 is 173 Å². The molecule has 586 valence electrons. The minimum absolute atomic E-state index is 0.0435. The number of aliphatic hydroxyl groups is 12. The molecule has 9 aliphatic rings. The minimum Gasteiger partial charge on any atom is -0.445 e. The highest BCUT2D eigenvalue weighted by Crippen LogP contribution is 2.43. The summed E-state index contributed by atoms with van der Waals surface area (Å²) in [4.78, 5) is 52.3. The summed E-state index contributed by atoms with van der Waals surface area (Å²) < 4.78 is 76.8. The van der Waals surface area contributed by atoms with Gasteiger partial charge in [0.15, 0.2) is 43.8 Å². The Balaban J connectivity index is 0.000000244. The van der Waals surface area contributed by atoms with E-state index in [-0.39, 0.29) is 38.9 Å². The van der Waals surface area contributed by atoms with Crippen LogP contribution < -0.4 is 49.9 Å². The number of fused-ring (bicyclic) bond motifs is 4. The van der Waals surface area contributed by atoms with E-state index in [0.29, 0.717) is 0 Å². The Bertz CT molecular complexity index is 3100. The first-order chi connectivity index (χ1) is 50.4. The van der Waals surface area contributed by atoms with Crippen LogP contribution in [0.2, 0.25) is 0 Å². The molecule has 0 aromatic heterocycles. The van der Waals surface area contributed by atoms with Gasteiger partial charge in [0, 0.05) is 61.2 Å². The molecular weight excluding hydrogens is 1400 g/mol. The molecule has 106 heavy (non-hydrogen) atoms. The van der Waals surface area contributed by atoms with Crippen molar-refractivity contribution >= 4 is 53.8 Å². The van der Waals surface area contributed by atoms with Crippen LogP contribution >= 0.6 is 0 Å². The van der Waals surface area contributed by atoms with Gasteiger partial charge in [-0.2, -0.15) is 0 Å². The van der Waals surface area contributed by atoms with E-state index in [9.17, 15) is 80.5 Å². The lowest BCUT2D eigenvalue weighted by Crippen LogP contribution is -2.70. The summed E-state index contributed by atoms with van der Waals surface area (Å²) in [6.45, 7) is 0.0320. The maximum absolute atomic E-state index is 13.2. The Hall–Kier alpha value is -5.14. The molecule has 2 aromatic rings. The Kier molecular flexibility index (Phi) is 30.6. The van der Waals surface area contributed by atoms with Gasteiger partial charge in [-0.3, -0.25) is 9.69 Å². The molecule has 35 atom stereocenters. The monoisotopic (exact) mass is 1500 g/mol. The third-order valence-corrected chi connectivity index (χ3v) is 20.0. The van der Waals surface area contributed by atoms with Gasteiger partial charge in [0.25, 0.3) is 5.91 Å². The van der Waals surface area contributed by atoms with Crippen molar-refractivity contribution in [1.82, 2.24) is 26.2 Å². The Morgan fingerprint density at radius 3 is 1.67 bits per heavy atom. The molecule has 7 heterocycles. The largest absolute Gasteiger partial charge is 0.445 e. The maximum Gasteiger partial charge on any atom is 0.410 e. The molecule has 2 aromatic carbocycles. The van der Waals surface area contributed by atoms with Gasteiger partial charge in [-0.05, 0) is 43.9 Å². The molecule has 6 radical (unpaired) electrons. The van der Waals surface area contributed by atoms with Crippen LogP contribution in [0.15, 0.2) is 60.7 Å². The zero-order valence-corrected chi connectivity index (χ0v) is 58.3. The number of carbonyl (C=O) groups is 4. The molecule has 43 heteroatoms. The summed E-state index contributed by atoms with van der Waals surface area (Å²) in [6.07, 6.45) is -35.0. The van der Waals surface area contributed by atoms with Crippen molar-refractivity contribution in [2.45, 2.75) is 254 Å². The van der Waals surface area contributed by atoms with Crippen molar-refractivity contribution in [1.29, 1.82) is 0 Å². The molecule has 39 nitrogen and oxygen atoms in total. The molecule has 2 saturated carbocycles. The summed E-state index contributed by atoms with van der Waals surface area (Å²) >= 11 is 0. The number of benzene rings is 2. The summed E-state index contributed by atoms with van der Waals surface area (Å²) in [5.41, 5.74) is 30.9. The number of nitrogens with zero attached hydrogens (tertiary/aromatic N) is 1. The predicted molar refractivity (Wildman–Crippen MR) is 363 cm³/mol. The molecule has 0 spiro atoms. The first-order valence-corrected chi connectivity index (χ1v) is 34.8. The molecule has 9 fully saturated rings. The average Bonchev–Trinajstić information content (AvgIpc) is 1.59. The molecule has 4 amide bonds. The second kappa shape index (κ2) is 38.2. The van der Waals surface area contributed by atoms with Gasteiger partial charge in [0.05, 0.1) is 67.8 Å². The van der Waals surface area contributed by atoms with Crippen LogP contribution in [-0.2, 0) is 79.6 Å². The quantitative estimate of drug-likeness (QED) is 0.0432. The van der Waals surface area contributed by atoms with E-state index in [1.165, 1.54) is 19.0 Å². The SMILES string of the molecule is CNC1C(O[C@H]2OC(CO)[C@@H](NC(=O)[C@@H](O)CN)[C@H](O)C2O)O[C@H]2C[C@H](N)[C@@H](O[C@@H]3C(N)C[C@@H](N)C(O)[C@H]3O)OC2C1O.C[C@H]1C[C@@H]2OC(O[C@H]3OC(CO)[C@@H](N)[C@H](O)C3O)C3C(OC(=O)N3C)C2O[C@@H]1O[C@@H]1C(NC(=O)OCc2ccccc2)C[C@@H](NC(=O)OCc2ccccc2)C(O)[C@H]1O.[B]B([B])[B]. The van der Waals surface area contributed by atoms with E-state index in [1.807, 2.05) is 12.1 Å². The third kappa shape index (κ3) is 20.1. The zero-order valence-electron chi connectivity index (χ0n) is 58.3. The fraction of sp³-hybridized carbons (Fsp3) is 0.746. The fourth-order valence-corrected chi connectivity index (χ4v) is 14.2. The van der Waals surface area contributed by atoms with Gasteiger partial charge in [0.1, 0.15) is 111 Å². The Labute approximate surface area is 614 Å². The molecule has 2 aliphatic carbocycles. The van der Waals surface area contributed by atoms with Crippen LogP contribution in [0.3, 0.4) is 0 Å². The van der Waals surface area contributed by atoms with E-state index in [1.54, 1.807) is 55.5 Å². The minimum atomic E-state index is -1.75. The highest BCUT2D eigenvalue weighted by Gasteiger charge is 2.62. The van der Waals surface area contributed by atoms with E-state index >= 15 is 0 Å². The van der Waals surface area contributed by atoms with E-state index in [4.69, 9.17) is 90.2 Å². The maximum atomic E-state index is 13.2. The number of carbonyl (C=O) groups excluding carboxylic acids is 4. The number of alkyl carbamates (subject to hydrolysis) is 2. The number of nitrogens with two attached hydrogens (primary N) is 5. The summed E-state index contributed by atoms with van der Waals surface area (Å²) in [5, 5.41) is 137. The molecule has 7 aliphatic heterocycles. The predicted octanol–water partition coefficient (Wildman–Crippen LogP) is -10.8. The molecule has 11 rings (SSSR count). The fourth-order valence-electron chi connectivity index (χ4n) is 14.2. The van der Waals surface area contributed by atoms with Crippen LogP contribution in [-0.4, -0.2) is 362 Å². The second-order valence-corrected chi connectivity index (χ2v) is 27.6. The topological polar surface area (TPSA) is 612 Å². The third-order valence-electron chi connectivity index (χ3n) is 20.0. The Morgan fingerprint density at radius 1 is 0.557 bits per heavy atom. The van der Waals surface area contributed by atoms with Crippen LogP contribution in [0.5, 0.6) is 0 Å². The molecule has 7 saturated heterocycles. The van der Waals surface area contributed by atoms with E-state index < -0.39 is 264 Å². The van der Waals surface area contributed by atoms with Gasteiger partial charge in [-0.25, -0.2) is 14.4 Å². The number of ether oxygens (including phenoxy) is 13. The zero-order chi connectivity index (χ0) is 77.3. The highest BCUT2D eigenvalue weighted by molar-refractivity contribution is 7.49. The lowest BCUT2D eigenvalue weighted by atomic mass is 9.08. The van der Waals surface area contributed by atoms with E-state index in [2.05, 4.69) is 44.5 Å². The van der Waals surface area contributed by atoms with Crippen molar-refractivity contribution in [3.63, 3.8) is 0 Å². The summed E-state index contributed by atoms with van der Waals surface area (Å²) in [7, 11) is 17.0. The van der Waals surface area contributed by atoms with Crippen LogP contribution in [0.4, 0.5) is 14.4 Å². The number of nitrogens with one attached hydrogen (secondary N) is 4.